The van der Waals surface area contributed by atoms with Crippen molar-refractivity contribution in [1.29, 1.82) is 0 Å². The number of urea groups is 1. The van der Waals surface area contributed by atoms with E-state index in [1.165, 1.54) is 15.9 Å². The third-order valence-electron chi connectivity index (χ3n) is 4.76. The van der Waals surface area contributed by atoms with Gasteiger partial charge in [0.1, 0.15) is 4.83 Å². The van der Waals surface area contributed by atoms with Gasteiger partial charge in [0.25, 0.3) is 5.56 Å². The quantitative estimate of drug-likeness (QED) is 0.799. The third-order valence-corrected chi connectivity index (χ3v) is 6.06. The van der Waals surface area contributed by atoms with Crippen molar-refractivity contribution in [3.63, 3.8) is 0 Å². The maximum atomic E-state index is 12.9. The first-order valence-electron chi connectivity index (χ1n) is 8.78. The Kier molecular flexibility index (Phi) is 5.19. The first kappa shape index (κ1) is 18.7. The van der Waals surface area contributed by atoms with Crippen LogP contribution in [0.4, 0.5) is 4.79 Å². The van der Waals surface area contributed by atoms with Crippen molar-refractivity contribution in [1.82, 2.24) is 24.3 Å². The summed E-state index contributed by atoms with van der Waals surface area (Å²) < 4.78 is 3.00. The Morgan fingerprint density at radius 3 is 2.50 bits per heavy atom. The Bertz CT molecular complexity index is 956. The van der Waals surface area contributed by atoms with Crippen molar-refractivity contribution in [2.24, 2.45) is 0 Å². The molecule has 1 fully saturated rings. The van der Waals surface area contributed by atoms with E-state index in [2.05, 4.69) is 5.32 Å². The van der Waals surface area contributed by atoms with Gasteiger partial charge >= 0.3 is 11.7 Å². The number of hydrogen-bond acceptors (Lipinski definition) is 5. The highest BCUT2D eigenvalue weighted by atomic mass is 32.1. The first-order valence-corrected chi connectivity index (χ1v) is 9.59. The maximum Gasteiger partial charge on any atom is 0.332 e. The van der Waals surface area contributed by atoms with Gasteiger partial charge in [0.05, 0.1) is 11.9 Å². The van der Waals surface area contributed by atoms with Crippen LogP contribution in [-0.4, -0.2) is 58.7 Å². The maximum absolute atomic E-state index is 12.9. The predicted octanol–water partition coefficient (Wildman–Crippen LogP) is 0.640. The van der Waals surface area contributed by atoms with Gasteiger partial charge in [-0.15, -0.1) is 11.3 Å². The van der Waals surface area contributed by atoms with E-state index < -0.39 is 0 Å². The van der Waals surface area contributed by atoms with Crippen molar-refractivity contribution >= 4 is 27.6 Å². The Morgan fingerprint density at radius 1 is 1.19 bits per heavy atom. The fourth-order valence-corrected chi connectivity index (χ4v) is 4.53. The van der Waals surface area contributed by atoms with Gasteiger partial charge < -0.3 is 15.1 Å². The second-order valence-electron chi connectivity index (χ2n) is 6.77. The van der Waals surface area contributed by atoms with Crippen LogP contribution in [0.5, 0.6) is 0 Å². The van der Waals surface area contributed by atoms with Gasteiger partial charge in [-0.25, -0.2) is 9.59 Å². The molecule has 0 atom stereocenters. The second kappa shape index (κ2) is 7.24. The lowest BCUT2D eigenvalue weighted by Gasteiger charge is -2.14. The largest absolute Gasteiger partial charge is 0.336 e. The fourth-order valence-electron chi connectivity index (χ4n) is 3.20. The standard InChI is InChI=1S/C17H25N5O3S/c1-5-21-14(23)13-11(2)12(10-20-7-6-18-16(20)24)26-15(13)22(17(21)25)9-8-19(3)4/h5-10H2,1-4H3,(H,18,24). The van der Waals surface area contributed by atoms with Crippen LogP contribution >= 0.6 is 11.3 Å². The molecule has 3 heterocycles. The van der Waals surface area contributed by atoms with E-state index in [0.717, 1.165) is 10.4 Å². The second-order valence-corrected chi connectivity index (χ2v) is 7.85. The molecule has 2 aromatic heterocycles. The molecular formula is C17H25N5O3S. The lowest BCUT2D eigenvalue weighted by Crippen LogP contribution is -2.40. The van der Waals surface area contributed by atoms with Crippen molar-refractivity contribution in [2.45, 2.75) is 33.5 Å². The van der Waals surface area contributed by atoms with E-state index in [4.69, 9.17) is 0 Å². The molecule has 2 amide bonds. The first-order chi connectivity index (χ1) is 12.3. The van der Waals surface area contributed by atoms with Gasteiger partial charge in [0.15, 0.2) is 0 Å². The molecular weight excluding hydrogens is 354 g/mol. The average molecular weight is 379 g/mol. The van der Waals surface area contributed by atoms with Crippen LogP contribution in [0.15, 0.2) is 9.59 Å². The zero-order valence-electron chi connectivity index (χ0n) is 15.7. The molecule has 0 aliphatic carbocycles. The molecule has 0 unspecified atom stereocenters. The smallest absolute Gasteiger partial charge is 0.332 e. The van der Waals surface area contributed by atoms with Gasteiger partial charge in [-0.05, 0) is 33.5 Å². The topological polar surface area (TPSA) is 79.6 Å². The number of thiophene rings is 1. The lowest BCUT2D eigenvalue weighted by atomic mass is 10.2. The Morgan fingerprint density at radius 2 is 1.92 bits per heavy atom. The number of rotatable bonds is 6. The van der Waals surface area contributed by atoms with Gasteiger partial charge in [-0.1, -0.05) is 0 Å². The Labute approximate surface area is 155 Å². The van der Waals surface area contributed by atoms with Crippen LogP contribution in [0.25, 0.3) is 10.2 Å². The molecule has 1 aliphatic rings. The van der Waals surface area contributed by atoms with Gasteiger partial charge in [-0.3, -0.25) is 13.9 Å². The predicted molar refractivity (Wildman–Crippen MR) is 103 cm³/mol. The summed E-state index contributed by atoms with van der Waals surface area (Å²) in [6.45, 7) is 7.04. The summed E-state index contributed by atoms with van der Waals surface area (Å²) in [6, 6.07) is -0.0853. The molecule has 0 saturated carbocycles. The summed E-state index contributed by atoms with van der Waals surface area (Å²) in [6.07, 6.45) is 0. The number of nitrogens with zero attached hydrogens (tertiary/aromatic N) is 4. The molecule has 1 saturated heterocycles. The van der Waals surface area contributed by atoms with Gasteiger partial charge in [0.2, 0.25) is 0 Å². The number of fused-ring (bicyclic) bond motifs is 1. The summed E-state index contributed by atoms with van der Waals surface area (Å²) in [4.78, 5) is 42.9. The summed E-state index contributed by atoms with van der Waals surface area (Å²) in [7, 11) is 3.91. The van der Waals surface area contributed by atoms with E-state index in [1.54, 1.807) is 9.47 Å². The number of carbonyl (C=O) groups is 1. The van der Waals surface area contributed by atoms with Crippen molar-refractivity contribution in [3.05, 3.63) is 31.3 Å². The molecule has 3 rings (SSSR count). The fraction of sp³-hybridized carbons (Fsp3) is 0.588. The molecule has 8 nitrogen and oxygen atoms in total. The molecule has 0 bridgehead atoms. The van der Waals surface area contributed by atoms with E-state index in [-0.39, 0.29) is 17.3 Å². The molecule has 1 aliphatic heterocycles. The van der Waals surface area contributed by atoms with E-state index in [1.807, 2.05) is 32.8 Å². The highest BCUT2D eigenvalue weighted by Gasteiger charge is 2.24. The molecule has 0 spiro atoms. The van der Waals surface area contributed by atoms with Crippen molar-refractivity contribution in [2.75, 3.05) is 33.7 Å². The number of nitrogens with one attached hydrogen (secondary N) is 1. The van der Waals surface area contributed by atoms with Crippen molar-refractivity contribution in [3.8, 4) is 0 Å². The number of carbonyl (C=O) groups excluding carboxylic acids is 1. The number of aryl methyl sites for hydroxylation is 1. The highest BCUT2D eigenvalue weighted by molar-refractivity contribution is 7.18. The summed E-state index contributed by atoms with van der Waals surface area (Å²) in [5.41, 5.74) is 0.369. The number of amides is 2. The monoisotopic (exact) mass is 379 g/mol. The number of hydrogen-bond donors (Lipinski definition) is 1. The highest BCUT2D eigenvalue weighted by Crippen LogP contribution is 2.29. The lowest BCUT2D eigenvalue weighted by molar-refractivity contribution is 0.216. The van der Waals surface area contributed by atoms with Crippen LogP contribution in [0.1, 0.15) is 17.4 Å². The molecule has 0 radical (unpaired) electrons. The SMILES string of the molecule is CCn1c(=O)c2c(C)c(CN3CCNC3=O)sc2n(CCN(C)C)c1=O. The zero-order valence-corrected chi connectivity index (χ0v) is 16.5. The molecule has 0 aromatic carbocycles. The summed E-state index contributed by atoms with van der Waals surface area (Å²) in [5.74, 6) is 0. The molecule has 26 heavy (non-hydrogen) atoms. The van der Waals surface area contributed by atoms with Gasteiger partial charge in [-0.2, -0.15) is 0 Å². The van der Waals surface area contributed by atoms with Crippen LogP contribution in [0.3, 0.4) is 0 Å². The number of likely N-dealkylation sites (N-methyl/N-ethyl adjacent to an activating group) is 1. The van der Waals surface area contributed by atoms with Crippen LogP contribution in [0, 0.1) is 6.92 Å². The summed E-state index contributed by atoms with van der Waals surface area (Å²) >= 11 is 1.45. The summed E-state index contributed by atoms with van der Waals surface area (Å²) in [5, 5.41) is 3.39. The molecule has 142 valence electrons. The van der Waals surface area contributed by atoms with Gasteiger partial charge in [0, 0.05) is 37.6 Å². The molecule has 9 heteroatoms. The Balaban J connectivity index is 2.16. The normalized spacial score (nSPS) is 14.7. The number of aromatic nitrogens is 2. The minimum atomic E-state index is -0.265. The average Bonchev–Trinajstić information content (AvgIpc) is 3.12. The van der Waals surface area contributed by atoms with Crippen LogP contribution in [0.2, 0.25) is 0 Å². The third kappa shape index (κ3) is 3.16. The molecule has 2 aromatic rings. The van der Waals surface area contributed by atoms with E-state index in [0.29, 0.717) is 49.5 Å². The zero-order chi connectivity index (χ0) is 19.0. The minimum Gasteiger partial charge on any atom is -0.336 e. The van der Waals surface area contributed by atoms with Crippen molar-refractivity contribution < 1.29 is 4.79 Å². The van der Waals surface area contributed by atoms with E-state index >= 15 is 0 Å². The Hall–Kier alpha value is -2.13. The van der Waals surface area contributed by atoms with Crippen LogP contribution < -0.4 is 16.6 Å². The van der Waals surface area contributed by atoms with E-state index in [9.17, 15) is 14.4 Å². The molecule has 1 N–H and O–H groups in total. The minimum absolute atomic E-state index is 0.0853. The van der Waals surface area contributed by atoms with Crippen LogP contribution in [-0.2, 0) is 19.6 Å².